The number of aromatic nitrogens is 1. The zero-order valence-electron chi connectivity index (χ0n) is 17.2. The van der Waals surface area contributed by atoms with Gasteiger partial charge in [0.05, 0.1) is 13.7 Å². The van der Waals surface area contributed by atoms with Crippen molar-refractivity contribution in [3.05, 3.63) is 37.6 Å². The third-order valence-corrected chi connectivity index (χ3v) is 8.38. The zero-order valence-corrected chi connectivity index (χ0v) is 21.1. The van der Waals surface area contributed by atoms with Crippen molar-refractivity contribution in [3.63, 3.8) is 0 Å². The van der Waals surface area contributed by atoms with Crippen molar-refractivity contribution >= 4 is 67.9 Å². The van der Waals surface area contributed by atoms with E-state index in [4.69, 9.17) is 34.8 Å². The number of nitrogens with one attached hydrogen (secondary N) is 1. The number of pyridine rings is 1. The summed E-state index contributed by atoms with van der Waals surface area (Å²) in [5.41, 5.74) is 0.791. The van der Waals surface area contributed by atoms with Gasteiger partial charge >= 0.3 is 0 Å². The number of hydrogen-bond donors (Lipinski definition) is 1. The van der Waals surface area contributed by atoms with E-state index < -0.39 is 10.0 Å². The fraction of sp³-hybridized carbons (Fsp3) is 0.474. The predicted molar refractivity (Wildman–Crippen MR) is 126 cm³/mol. The molecule has 31 heavy (non-hydrogen) atoms. The average molecular weight is 526 g/mol. The molecule has 0 radical (unpaired) electrons. The summed E-state index contributed by atoms with van der Waals surface area (Å²) in [6.45, 7) is 6.77. The Labute approximate surface area is 201 Å². The highest BCUT2D eigenvalue weighted by Gasteiger charge is 2.32. The Balaban J connectivity index is 1.69. The Hall–Kier alpha value is -1.10. The maximum absolute atomic E-state index is 12.7. The van der Waals surface area contributed by atoms with Gasteiger partial charge in [-0.3, -0.25) is 4.79 Å². The Kier molecular flexibility index (Phi) is 7.76. The molecule has 2 atom stereocenters. The van der Waals surface area contributed by atoms with Crippen LogP contribution in [0.5, 0.6) is 0 Å². The molecule has 1 N–H and O–H groups in total. The Morgan fingerprint density at radius 1 is 1.23 bits per heavy atom. The SMILES string of the molecule is CC(=O)N1[C@H](C)CN(c2ncc(S(=O)(=O)NCCc3cc(Cl)sc3Cl)cc2Cl)C[C@@H]1C. The molecule has 1 amide bonds. The molecular weight excluding hydrogens is 503 g/mol. The minimum absolute atomic E-state index is 0.0124. The molecular formula is C19H23Cl3N4O3S2. The molecule has 7 nitrogen and oxygen atoms in total. The van der Waals surface area contributed by atoms with Crippen molar-refractivity contribution in [1.82, 2.24) is 14.6 Å². The summed E-state index contributed by atoms with van der Waals surface area (Å²) in [7, 11) is -3.79. The smallest absolute Gasteiger partial charge is 0.242 e. The van der Waals surface area contributed by atoms with Crippen LogP contribution < -0.4 is 9.62 Å². The summed E-state index contributed by atoms with van der Waals surface area (Å²) in [4.78, 5) is 20.0. The lowest BCUT2D eigenvalue weighted by molar-refractivity contribution is -0.133. The number of thiophene rings is 1. The van der Waals surface area contributed by atoms with E-state index in [1.54, 1.807) is 13.0 Å². The number of hydrogen-bond acceptors (Lipinski definition) is 6. The van der Waals surface area contributed by atoms with E-state index in [2.05, 4.69) is 9.71 Å². The molecule has 2 aromatic heterocycles. The second-order valence-corrected chi connectivity index (χ2v) is 12.0. The van der Waals surface area contributed by atoms with Crippen LogP contribution >= 0.6 is 46.1 Å². The average Bonchev–Trinajstić information content (AvgIpc) is 2.97. The van der Waals surface area contributed by atoms with E-state index in [1.807, 2.05) is 23.6 Å². The second-order valence-electron chi connectivity index (χ2n) is 7.50. The van der Waals surface area contributed by atoms with Gasteiger partial charge in [-0.05, 0) is 38.0 Å². The van der Waals surface area contributed by atoms with Gasteiger partial charge in [0, 0.05) is 44.8 Å². The van der Waals surface area contributed by atoms with Crippen molar-refractivity contribution < 1.29 is 13.2 Å². The number of anilines is 1. The van der Waals surface area contributed by atoms with E-state index in [9.17, 15) is 13.2 Å². The molecule has 0 aliphatic carbocycles. The summed E-state index contributed by atoms with van der Waals surface area (Å²) in [6, 6.07) is 3.10. The molecule has 0 bridgehead atoms. The molecule has 0 saturated carbocycles. The molecule has 2 aromatic rings. The first kappa shape index (κ1) is 24.5. The minimum atomic E-state index is -3.79. The lowest BCUT2D eigenvalue weighted by Crippen LogP contribution is -2.58. The minimum Gasteiger partial charge on any atom is -0.351 e. The first-order valence-electron chi connectivity index (χ1n) is 9.62. The second kappa shape index (κ2) is 9.80. The number of sulfonamides is 1. The highest BCUT2D eigenvalue weighted by Crippen LogP contribution is 2.32. The van der Waals surface area contributed by atoms with Gasteiger partial charge in [0.15, 0.2) is 0 Å². The molecule has 0 unspecified atom stereocenters. The van der Waals surface area contributed by atoms with Gasteiger partial charge in [-0.2, -0.15) is 0 Å². The van der Waals surface area contributed by atoms with Gasteiger partial charge in [0.25, 0.3) is 0 Å². The Morgan fingerprint density at radius 2 is 1.87 bits per heavy atom. The van der Waals surface area contributed by atoms with Crippen LogP contribution in [0.2, 0.25) is 13.7 Å². The van der Waals surface area contributed by atoms with Crippen LogP contribution in [0.3, 0.4) is 0 Å². The number of amides is 1. The van der Waals surface area contributed by atoms with Gasteiger partial charge in [-0.1, -0.05) is 34.8 Å². The van der Waals surface area contributed by atoms with E-state index in [-0.39, 0.29) is 34.5 Å². The largest absolute Gasteiger partial charge is 0.351 e. The first-order chi connectivity index (χ1) is 14.5. The van der Waals surface area contributed by atoms with Crippen LogP contribution in [0.4, 0.5) is 5.82 Å². The first-order valence-corrected chi connectivity index (χ1v) is 13.1. The van der Waals surface area contributed by atoms with E-state index in [1.165, 1.54) is 23.6 Å². The lowest BCUT2D eigenvalue weighted by atomic mass is 10.1. The highest BCUT2D eigenvalue weighted by atomic mass is 35.5. The van der Waals surface area contributed by atoms with Crippen molar-refractivity contribution in [2.24, 2.45) is 0 Å². The molecule has 1 aliphatic heterocycles. The van der Waals surface area contributed by atoms with Crippen LogP contribution in [0.1, 0.15) is 26.3 Å². The molecule has 170 valence electrons. The topological polar surface area (TPSA) is 82.6 Å². The maximum Gasteiger partial charge on any atom is 0.242 e. The standard InChI is InChI=1S/C19H23Cl3N4O3S2/c1-11-9-25(10-12(2)26(11)13(3)27)19-16(20)7-15(8-23-19)31(28,29)24-5-4-14-6-17(21)30-18(14)22/h6-8,11-12,24H,4-5,9-10H2,1-3H3/t11-,12+. The summed E-state index contributed by atoms with van der Waals surface area (Å²) in [5.74, 6) is 0.527. The number of halogens is 3. The molecule has 1 saturated heterocycles. The monoisotopic (exact) mass is 524 g/mol. The Morgan fingerprint density at radius 3 is 2.39 bits per heavy atom. The molecule has 3 rings (SSSR count). The predicted octanol–water partition coefficient (Wildman–Crippen LogP) is 4.07. The van der Waals surface area contributed by atoms with Crippen LogP contribution in [-0.2, 0) is 21.2 Å². The van der Waals surface area contributed by atoms with Gasteiger partial charge in [0.2, 0.25) is 15.9 Å². The van der Waals surface area contributed by atoms with Gasteiger partial charge in [-0.25, -0.2) is 18.1 Å². The summed E-state index contributed by atoms with van der Waals surface area (Å²) in [5, 5.41) is 0.242. The van der Waals surface area contributed by atoms with Crippen molar-refractivity contribution in [3.8, 4) is 0 Å². The van der Waals surface area contributed by atoms with Crippen LogP contribution in [0, 0.1) is 0 Å². The molecule has 12 heteroatoms. The van der Waals surface area contributed by atoms with Crippen molar-refractivity contribution in [2.75, 3.05) is 24.5 Å². The summed E-state index contributed by atoms with van der Waals surface area (Å²) >= 11 is 19.6. The molecule has 0 spiro atoms. The summed E-state index contributed by atoms with van der Waals surface area (Å²) in [6.07, 6.45) is 1.71. The normalized spacial score (nSPS) is 19.7. The Bertz CT molecular complexity index is 1070. The number of carbonyl (C=O) groups is 1. The number of piperazine rings is 1. The third-order valence-electron chi connectivity index (χ3n) is 5.10. The molecule has 0 aromatic carbocycles. The van der Waals surface area contributed by atoms with Gasteiger partial charge < -0.3 is 9.80 Å². The quantitative estimate of drug-likeness (QED) is 0.615. The fourth-order valence-electron chi connectivity index (χ4n) is 3.86. The highest BCUT2D eigenvalue weighted by molar-refractivity contribution is 7.89. The van der Waals surface area contributed by atoms with Crippen LogP contribution in [-0.4, -0.2) is 55.9 Å². The van der Waals surface area contributed by atoms with Crippen LogP contribution in [0.15, 0.2) is 23.2 Å². The maximum atomic E-state index is 12.7. The number of carbonyl (C=O) groups excluding carboxylic acids is 1. The van der Waals surface area contributed by atoms with E-state index >= 15 is 0 Å². The summed E-state index contributed by atoms with van der Waals surface area (Å²) < 4.78 is 28.9. The van der Waals surface area contributed by atoms with E-state index in [0.717, 1.165) is 5.56 Å². The number of nitrogens with zero attached hydrogens (tertiary/aromatic N) is 3. The fourth-order valence-corrected chi connectivity index (χ4v) is 6.75. The molecule has 1 aliphatic rings. The molecule has 3 heterocycles. The third kappa shape index (κ3) is 5.64. The van der Waals surface area contributed by atoms with Crippen molar-refractivity contribution in [1.29, 1.82) is 0 Å². The zero-order chi connectivity index (χ0) is 22.9. The number of rotatable bonds is 6. The van der Waals surface area contributed by atoms with Crippen LogP contribution in [0.25, 0.3) is 0 Å². The van der Waals surface area contributed by atoms with Crippen molar-refractivity contribution in [2.45, 2.75) is 44.2 Å². The molecule has 1 fully saturated rings. The van der Waals surface area contributed by atoms with Gasteiger partial charge in [-0.15, -0.1) is 11.3 Å². The lowest BCUT2D eigenvalue weighted by Gasteiger charge is -2.44. The van der Waals surface area contributed by atoms with E-state index in [0.29, 0.717) is 34.0 Å². The van der Waals surface area contributed by atoms with Gasteiger partial charge in [0.1, 0.15) is 10.7 Å².